The summed E-state index contributed by atoms with van der Waals surface area (Å²) >= 11 is 0. The van der Waals surface area contributed by atoms with Gasteiger partial charge in [-0.2, -0.15) is 0 Å². The van der Waals surface area contributed by atoms with Crippen molar-refractivity contribution < 1.29 is 0 Å². The predicted octanol–water partition coefficient (Wildman–Crippen LogP) is 14.4. The molecule has 1 aliphatic heterocycles. The van der Waals surface area contributed by atoms with Gasteiger partial charge in [0, 0.05) is 28.9 Å². The number of nitrogens with one attached hydrogen (secondary N) is 1. The highest BCUT2D eigenvalue weighted by molar-refractivity contribution is 6.15. The van der Waals surface area contributed by atoms with Crippen LogP contribution in [0, 0.1) is 0 Å². The van der Waals surface area contributed by atoms with E-state index in [1.54, 1.807) is 0 Å². The number of anilines is 1. The van der Waals surface area contributed by atoms with Crippen molar-refractivity contribution in [2.45, 2.75) is 33.2 Å². The van der Waals surface area contributed by atoms with E-state index in [2.05, 4.69) is 187 Å². The Hall–Kier alpha value is -7.10. The Kier molecular flexibility index (Phi) is 10.7. The third-order valence-corrected chi connectivity index (χ3v) is 11.5. The fourth-order valence-electron chi connectivity index (χ4n) is 8.65. The van der Waals surface area contributed by atoms with E-state index in [4.69, 9.17) is 4.99 Å². The number of para-hydroxylation sites is 1. The third kappa shape index (κ3) is 7.44. The van der Waals surface area contributed by atoms with Crippen LogP contribution in [-0.4, -0.2) is 19.0 Å². The second-order valence-electron chi connectivity index (χ2n) is 14.9. The molecule has 7 aromatic rings. The van der Waals surface area contributed by atoms with Crippen LogP contribution in [0.5, 0.6) is 0 Å². The van der Waals surface area contributed by atoms with Gasteiger partial charge in [-0.25, -0.2) is 0 Å². The summed E-state index contributed by atoms with van der Waals surface area (Å²) in [5.41, 5.74) is 19.7. The van der Waals surface area contributed by atoms with Gasteiger partial charge < -0.3 is 5.32 Å². The fourth-order valence-corrected chi connectivity index (χ4v) is 8.65. The fraction of sp³-hybridized carbons (Fsp3) is 0.107. The highest BCUT2D eigenvalue weighted by atomic mass is 14.9. The van der Waals surface area contributed by atoms with Gasteiger partial charge in [-0.05, 0) is 116 Å². The highest BCUT2D eigenvalue weighted by Gasteiger charge is 2.22. The molecule has 0 radical (unpaired) electrons. The number of aliphatic imine (C=N–C) groups is 2. The largest absolute Gasteiger partial charge is 0.381 e. The number of fused-ring (bicyclic) bond motifs is 1. The molecule has 0 spiro atoms. The Morgan fingerprint density at radius 3 is 2.19 bits per heavy atom. The summed E-state index contributed by atoms with van der Waals surface area (Å²) < 4.78 is 0. The molecule has 1 N–H and O–H groups in total. The summed E-state index contributed by atoms with van der Waals surface area (Å²) in [6.07, 6.45) is 15.5. The van der Waals surface area contributed by atoms with Crippen LogP contribution in [-0.2, 0) is 13.0 Å². The molecule has 10 rings (SSSR count). The van der Waals surface area contributed by atoms with Crippen molar-refractivity contribution in [1.82, 2.24) is 0 Å². The second-order valence-corrected chi connectivity index (χ2v) is 14.9. The Labute approximate surface area is 348 Å². The first-order valence-electron chi connectivity index (χ1n) is 20.8. The Balaban J connectivity index is 0.00000221. The third-order valence-electron chi connectivity index (χ3n) is 11.5. The SMILES string of the molecule is C=N/C(=C\C(=NCc1ccccc1)c1cc(-c2cccc3c2NCC=C3)cc(-c2ccc3c4c5c(ccc24)C=CCC5=CC3)c1)c1ccc(-c2ccccc2)cc1.CC. The topological polar surface area (TPSA) is 36.8 Å². The van der Waals surface area contributed by atoms with E-state index in [0.29, 0.717) is 6.54 Å². The summed E-state index contributed by atoms with van der Waals surface area (Å²) in [5, 5.41) is 6.36. The summed E-state index contributed by atoms with van der Waals surface area (Å²) in [4.78, 5) is 9.97. The minimum Gasteiger partial charge on any atom is -0.381 e. The van der Waals surface area contributed by atoms with Crippen LogP contribution < -0.4 is 5.32 Å². The van der Waals surface area contributed by atoms with Gasteiger partial charge in [0.1, 0.15) is 0 Å². The Morgan fingerprint density at radius 1 is 0.644 bits per heavy atom. The zero-order valence-electron chi connectivity index (χ0n) is 33.8. The molecule has 0 aromatic heterocycles. The minimum atomic E-state index is 0.531. The van der Waals surface area contributed by atoms with E-state index in [1.165, 1.54) is 55.3 Å². The molecular formula is C56H47N3. The van der Waals surface area contributed by atoms with Crippen molar-refractivity contribution in [3.63, 3.8) is 0 Å². The normalized spacial score (nSPS) is 13.8. The van der Waals surface area contributed by atoms with Crippen molar-refractivity contribution in [3.05, 3.63) is 209 Å². The zero-order valence-corrected chi connectivity index (χ0v) is 33.8. The number of benzene rings is 7. The van der Waals surface area contributed by atoms with Crippen molar-refractivity contribution >= 4 is 52.3 Å². The second kappa shape index (κ2) is 16.8. The average molecular weight is 762 g/mol. The van der Waals surface area contributed by atoms with Gasteiger partial charge in [-0.1, -0.05) is 172 Å². The number of allylic oxidation sites excluding steroid dienone is 4. The van der Waals surface area contributed by atoms with Crippen LogP contribution in [0.2, 0.25) is 0 Å². The van der Waals surface area contributed by atoms with Gasteiger partial charge in [-0.15, -0.1) is 0 Å². The van der Waals surface area contributed by atoms with Gasteiger partial charge >= 0.3 is 0 Å². The number of rotatable bonds is 9. The van der Waals surface area contributed by atoms with Crippen LogP contribution >= 0.6 is 0 Å². The van der Waals surface area contributed by atoms with Crippen molar-refractivity contribution in [3.8, 4) is 33.4 Å². The quantitative estimate of drug-likeness (QED) is 0.146. The van der Waals surface area contributed by atoms with Crippen LogP contribution in [0.1, 0.15) is 59.2 Å². The molecule has 0 saturated carbocycles. The van der Waals surface area contributed by atoms with Crippen LogP contribution in [0.4, 0.5) is 5.69 Å². The maximum Gasteiger partial charge on any atom is 0.0716 e. The van der Waals surface area contributed by atoms with Gasteiger partial charge in [0.05, 0.1) is 18.0 Å². The summed E-state index contributed by atoms with van der Waals surface area (Å²) in [7, 11) is 0. The van der Waals surface area contributed by atoms with Crippen molar-refractivity contribution in [2.24, 2.45) is 9.98 Å². The molecule has 7 aromatic carbocycles. The highest BCUT2D eigenvalue weighted by Crippen LogP contribution is 2.44. The average Bonchev–Trinajstić information content (AvgIpc) is 3.32. The predicted molar refractivity (Wildman–Crippen MR) is 255 cm³/mol. The summed E-state index contributed by atoms with van der Waals surface area (Å²) in [5.74, 6) is 0. The molecule has 0 unspecified atom stereocenters. The molecule has 0 amide bonds. The van der Waals surface area contributed by atoms with Gasteiger partial charge in [0.2, 0.25) is 0 Å². The molecule has 3 nitrogen and oxygen atoms in total. The van der Waals surface area contributed by atoms with Gasteiger partial charge in [-0.3, -0.25) is 9.98 Å². The van der Waals surface area contributed by atoms with Crippen LogP contribution in [0.25, 0.3) is 67.6 Å². The minimum absolute atomic E-state index is 0.531. The van der Waals surface area contributed by atoms with E-state index >= 15 is 0 Å². The monoisotopic (exact) mass is 761 g/mol. The van der Waals surface area contributed by atoms with Gasteiger partial charge in [0.15, 0.2) is 0 Å². The molecule has 59 heavy (non-hydrogen) atoms. The Morgan fingerprint density at radius 2 is 1.39 bits per heavy atom. The van der Waals surface area contributed by atoms with Crippen LogP contribution in [0.15, 0.2) is 180 Å². The first-order chi connectivity index (χ1) is 29.2. The lowest BCUT2D eigenvalue weighted by Crippen LogP contribution is -2.07. The molecule has 2 aliphatic carbocycles. The molecule has 0 bridgehead atoms. The summed E-state index contributed by atoms with van der Waals surface area (Å²) in [6.45, 7) is 9.38. The smallest absolute Gasteiger partial charge is 0.0716 e. The zero-order chi connectivity index (χ0) is 40.1. The van der Waals surface area contributed by atoms with E-state index in [1.807, 2.05) is 26.0 Å². The molecular weight excluding hydrogens is 715 g/mol. The standard InChI is InChI=1S/C54H41N3.C2H6/c1-55-50(39-22-20-38(21-23-39)37-13-6-3-7-14-37)34-51(57-35-36-11-4-2-5-12-36)46-32-44(31-45(33-46)48-19-9-17-43-18-10-30-56-54(43)48)47-28-26-42-25-24-40-15-8-16-41-27-29-49(47)53(42)52(40)41;1-2/h2-14,16-24,26-29,31-34,56H,1,15,25,30,35H2;1-2H3/b50-34-,57-51?;. The maximum atomic E-state index is 5.36. The molecule has 0 atom stereocenters. The van der Waals surface area contributed by atoms with E-state index < -0.39 is 0 Å². The number of hydrogen-bond acceptors (Lipinski definition) is 3. The van der Waals surface area contributed by atoms with Crippen LogP contribution in [0.3, 0.4) is 0 Å². The van der Waals surface area contributed by atoms with E-state index in [-0.39, 0.29) is 0 Å². The Bertz CT molecular complexity index is 2850. The molecule has 3 heteroatoms. The molecule has 286 valence electrons. The maximum absolute atomic E-state index is 5.36. The number of nitrogens with zero attached hydrogens (tertiary/aromatic N) is 2. The van der Waals surface area contributed by atoms with E-state index in [0.717, 1.165) is 69.9 Å². The lowest BCUT2D eigenvalue weighted by Gasteiger charge is -2.25. The van der Waals surface area contributed by atoms with Crippen molar-refractivity contribution in [2.75, 3.05) is 11.9 Å². The lowest BCUT2D eigenvalue weighted by atomic mass is 9.79. The lowest BCUT2D eigenvalue weighted by molar-refractivity contribution is 1.07. The summed E-state index contributed by atoms with van der Waals surface area (Å²) in [6, 6.07) is 52.3. The molecule has 0 fully saturated rings. The van der Waals surface area contributed by atoms with Crippen molar-refractivity contribution in [1.29, 1.82) is 0 Å². The molecule has 3 aliphatic rings. The molecule has 0 saturated heterocycles. The number of hydrogen-bond donors (Lipinski definition) is 1. The first kappa shape index (κ1) is 37.5. The van der Waals surface area contributed by atoms with E-state index in [9.17, 15) is 0 Å². The molecule has 1 heterocycles. The first-order valence-corrected chi connectivity index (χ1v) is 20.8. The van der Waals surface area contributed by atoms with Gasteiger partial charge in [0.25, 0.3) is 0 Å².